The molecule has 1 saturated carbocycles. The molecule has 2 nitrogen and oxygen atoms in total. The molecule has 21 heavy (non-hydrogen) atoms. The minimum Gasteiger partial charge on any atom is -0.358 e. The molecule has 0 amide bonds. The van der Waals surface area contributed by atoms with Crippen LogP contribution in [0.15, 0.2) is 23.2 Å². The largest absolute Gasteiger partial charge is 0.358 e. The lowest BCUT2D eigenvalue weighted by atomic mass is 9.86. The van der Waals surface area contributed by atoms with Crippen LogP contribution >= 0.6 is 11.8 Å². The number of fused-ring (bicyclic) bond motifs is 1. The number of rotatable bonds is 2. The molecule has 114 valence electrons. The van der Waals surface area contributed by atoms with E-state index < -0.39 is 0 Å². The van der Waals surface area contributed by atoms with E-state index in [2.05, 4.69) is 12.2 Å². The first-order valence-electron chi connectivity index (χ1n) is 7.86. The van der Waals surface area contributed by atoms with Crippen LogP contribution in [0.25, 0.3) is 0 Å². The summed E-state index contributed by atoms with van der Waals surface area (Å²) in [4.78, 5) is 4.88. The molecular weight excluding hydrogens is 283 g/mol. The molecule has 1 aliphatic carbocycles. The first kappa shape index (κ1) is 14.9. The summed E-state index contributed by atoms with van der Waals surface area (Å²) in [6, 6.07) is 6.06. The molecule has 1 aliphatic heterocycles. The fourth-order valence-corrected chi connectivity index (χ4v) is 4.38. The minimum atomic E-state index is -0.133. The molecule has 3 unspecified atom stereocenters. The highest BCUT2D eigenvalue weighted by Gasteiger charge is 2.29. The molecule has 0 spiro atoms. The third-order valence-corrected chi connectivity index (χ3v) is 5.71. The van der Waals surface area contributed by atoms with Crippen LogP contribution in [-0.4, -0.2) is 17.0 Å². The molecule has 1 N–H and O–H groups in total. The summed E-state index contributed by atoms with van der Waals surface area (Å²) in [6.45, 7) is 3.86. The number of hydrogen-bond acceptors (Lipinski definition) is 3. The van der Waals surface area contributed by atoms with Gasteiger partial charge in [-0.25, -0.2) is 4.39 Å². The summed E-state index contributed by atoms with van der Waals surface area (Å²) >= 11 is 1.82. The fraction of sp³-hybridized carbons (Fsp3) is 0.588. The van der Waals surface area contributed by atoms with Crippen LogP contribution in [0.3, 0.4) is 0 Å². The Morgan fingerprint density at radius 1 is 1.33 bits per heavy atom. The van der Waals surface area contributed by atoms with Crippen molar-refractivity contribution in [3.63, 3.8) is 0 Å². The predicted molar refractivity (Wildman–Crippen MR) is 88.3 cm³/mol. The third-order valence-electron chi connectivity index (χ3n) is 4.62. The van der Waals surface area contributed by atoms with Gasteiger partial charge in [0.05, 0.1) is 12.1 Å². The van der Waals surface area contributed by atoms with Gasteiger partial charge in [0.2, 0.25) is 0 Å². The van der Waals surface area contributed by atoms with Gasteiger partial charge in [0.1, 0.15) is 5.82 Å². The zero-order valence-electron chi connectivity index (χ0n) is 12.7. The highest BCUT2D eigenvalue weighted by molar-refractivity contribution is 8.13. The second-order valence-electron chi connectivity index (χ2n) is 6.23. The molecule has 0 saturated heterocycles. The van der Waals surface area contributed by atoms with E-state index in [1.165, 1.54) is 31.4 Å². The maximum absolute atomic E-state index is 13.7. The van der Waals surface area contributed by atoms with E-state index in [4.69, 9.17) is 4.99 Å². The molecule has 1 fully saturated rings. The first-order chi connectivity index (χ1) is 10.1. The minimum absolute atomic E-state index is 0.0893. The highest BCUT2D eigenvalue weighted by atomic mass is 32.2. The molecule has 3 atom stereocenters. The normalized spacial score (nSPS) is 26.7. The Labute approximate surface area is 130 Å². The Balaban J connectivity index is 1.68. The van der Waals surface area contributed by atoms with Crippen LogP contribution in [-0.2, 0) is 0 Å². The van der Waals surface area contributed by atoms with E-state index in [9.17, 15) is 4.39 Å². The molecule has 4 heteroatoms. The Kier molecular flexibility index (Phi) is 4.53. The van der Waals surface area contributed by atoms with E-state index in [1.54, 1.807) is 13.0 Å². The quantitative estimate of drug-likeness (QED) is 0.873. The molecule has 3 rings (SSSR count). The van der Waals surface area contributed by atoms with Crippen LogP contribution in [0, 0.1) is 18.7 Å². The summed E-state index contributed by atoms with van der Waals surface area (Å²) in [6.07, 6.45) is 5.22. The van der Waals surface area contributed by atoms with Gasteiger partial charge in [-0.3, -0.25) is 4.99 Å². The number of nitrogens with one attached hydrogen (secondary N) is 1. The maximum Gasteiger partial charge on any atom is 0.157 e. The number of aliphatic imine (C=N–C) groups is 1. The van der Waals surface area contributed by atoms with Crippen molar-refractivity contribution >= 4 is 16.9 Å². The maximum atomic E-state index is 13.7. The lowest BCUT2D eigenvalue weighted by molar-refractivity contribution is 0.335. The van der Waals surface area contributed by atoms with Crippen molar-refractivity contribution in [2.45, 2.75) is 51.6 Å². The predicted octanol–water partition coefficient (Wildman–Crippen LogP) is 4.45. The first-order valence-corrected chi connectivity index (χ1v) is 8.85. The molecule has 0 radical (unpaired) electrons. The number of nitrogens with zero attached hydrogens (tertiary/aromatic N) is 1. The van der Waals surface area contributed by atoms with Crippen LogP contribution < -0.4 is 5.32 Å². The van der Waals surface area contributed by atoms with E-state index in [0.29, 0.717) is 11.6 Å². The van der Waals surface area contributed by atoms with Crippen molar-refractivity contribution < 1.29 is 4.39 Å². The molecule has 1 aromatic carbocycles. The van der Waals surface area contributed by atoms with Crippen molar-refractivity contribution in [3.05, 3.63) is 35.1 Å². The summed E-state index contributed by atoms with van der Waals surface area (Å²) < 4.78 is 13.7. The van der Waals surface area contributed by atoms with Crippen LogP contribution in [0.1, 0.15) is 49.8 Å². The average Bonchev–Trinajstić information content (AvgIpc) is 2.50. The van der Waals surface area contributed by atoms with E-state index in [-0.39, 0.29) is 11.9 Å². The second-order valence-corrected chi connectivity index (χ2v) is 7.24. The van der Waals surface area contributed by atoms with E-state index in [1.807, 2.05) is 23.9 Å². The number of halogens is 1. The number of amidine groups is 1. The number of aryl methyl sites for hydroxylation is 1. The fourth-order valence-electron chi connectivity index (χ4n) is 3.15. The van der Waals surface area contributed by atoms with Crippen molar-refractivity contribution in [2.75, 3.05) is 5.75 Å². The van der Waals surface area contributed by atoms with Gasteiger partial charge in [-0.1, -0.05) is 36.7 Å². The Morgan fingerprint density at radius 2 is 2.14 bits per heavy atom. The van der Waals surface area contributed by atoms with Crippen LogP contribution in [0.4, 0.5) is 4.39 Å². The number of hydrogen-bond donors (Lipinski definition) is 1. The smallest absolute Gasteiger partial charge is 0.157 e. The zero-order valence-corrected chi connectivity index (χ0v) is 13.5. The van der Waals surface area contributed by atoms with Gasteiger partial charge in [0.25, 0.3) is 0 Å². The lowest BCUT2D eigenvalue weighted by Crippen LogP contribution is -2.35. The monoisotopic (exact) mass is 306 g/mol. The summed E-state index contributed by atoms with van der Waals surface area (Å²) in [5.74, 6) is 1.80. The Hall–Kier alpha value is -1.03. The number of benzene rings is 1. The molecule has 0 bridgehead atoms. The van der Waals surface area contributed by atoms with Crippen LogP contribution in [0.5, 0.6) is 0 Å². The third kappa shape index (κ3) is 3.42. The average molecular weight is 306 g/mol. The zero-order chi connectivity index (χ0) is 14.8. The van der Waals surface area contributed by atoms with Gasteiger partial charge >= 0.3 is 0 Å². The van der Waals surface area contributed by atoms with E-state index >= 15 is 0 Å². The summed E-state index contributed by atoms with van der Waals surface area (Å²) in [5, 5.41) is 4.50. The van der Waals surface area contributed by atoms with Crippen molar-refractivity contribution in [2.24, 2.45) is 10.9 Å². The highest BCUT2D eigenvalue weighted by Crippen LogP contribution is 2.34. The van der Waals surface area contributed by atoms with Crippen molar-refractivity contribution in [1.29, 1.82) is 0 Å². The molecule has 2 aliphatic rings. The van der Waals surface area contributed by atoms with Gasteiger partial charge in [-0.2, -0.15) is 0 Å². The topological polar surface area (TPSA) is 24.4 Å². The summed E-state index contributed by atoms with van der Waals surface area (Å²) in [7, 11) is 0. The second kappa shape index (κ2) is 6.39. The van der Waals surface area contributed by atoms with Gasteiger partial charge in [-0.05, 0) is 49.8 Å². The Morgan fingerprint density at radius 3 is 2.95 bits per heavy atom. The SMILES string of the molecule is Cc1ccc(C(C)NC2=NC3CCCCC3CS2)cc1F. The van der Waals surface area contributed by atoms with Gasteiger partial charge < -0.3 is 5.32 Å². The van der Waals surface area contributed by atoms with Crippen LogP contribution in [0.2, 0.25) is 0 Å². The molecule has 1 heterocycles. The van der Waals surface area contributed by atoms with Gasteiger partial charge in [0.15, 0.2) is 5.17 Å². The van der Waals surface area contributed by atoms with Gasteiger partial charge in [0, 0.05) is 5.75 Å². The molecule has 0 aromatic heterocycles. The molecule has 1 aromatic rings. The Bertz CT molecular complexity index is 544. The number of thioether (sulfide) groups is 1. The summed E-state index contributed by atoms with van der Waals surface area (Å²) in [5.41, 5.74) is 1.67. The lowest BCUT2D eigenvalue weighted by Gasteiger charge is -2.33. The van der Waals surface area contributed by atoms with Gasteiger partial charge in [-0.15, -0.1) is 0 Å². The van der Waals surface area contributed by atoms with E-state index in [0.717, 1.165) is 16.6 Å². The van der Waals surface area contributed by atoms with Crippen molar-refractivity contribution in [1.82, 2.24) is 5.32 Å². The molecular formula is C17H23FN2S. The standard InChI is InChI=1S/C17H23FN2S/c1-11-7-8-13(9-15(11)18)12(2)19-17-20-16-6-4-3-5-14(16)10-21-17/h7-9,12,14,16H,3-6,10H2,1-2H3,(H,19,20). The van der Waals surface area contributed by atoms with Crippen molar-refractivity contribution in [3.8, 4) is 0 Å².